The number of methoxy groups -OCH3 is 3. The van der Waals surface area contributed by atoms with Crippen LogP contribution in [0.25, 0.3) is 22.2 Å². The van der Waals surface area contributed by atoms with E-state index in [0.29, 0.717) is 33.5 Å². The van der Waals surface area contributed by atoms with Crippen LogP contribution in [0.15, 0.2) is 54.6 Å². The lowest BCUT2D eigenvalue weighted by Gasteiger charge is -2.17. The lowest BCUT2D eigenvalue weighted by Crippen LogP contribution is -2.12. The van der Waals surface area contributed by atoms with Crippen LogP contribution in [0.4, 0.5) is 4.39 Å². The van der Waals surface area contributed by atoms with Crippen molar-refractivity contribution >= 4 is 22.7 Å². The number of carbonyl (C=O) groups excluding carboxylic acids is 2. The van der Waals surface area contributed by atoms with E-state index < -0.39 is 17.6 Å². The number of aromatic nitrogens is 1. The van der Waals surface area contributed by atoms with Gasteiger partial charge in [0.05, 0.1) is 49.2 Å². The van der Waals surface area contributed by atoms with E-state index in [9.17, 15) is 14.0 Å². The van der Waals surface area contributed by atoms with Crippen molar-refractivity contribution in [2.24, 2.45) is 0 Å². The molecule has 4 aromatic rings. The molecule has 0 fully saturated rings. The molecule has 5 rings (SSSR count). The third-order valence-corrected chi connectivity index (χ3v) is 5.95. The largest absolute Gasteiger partial charge is 0.493 e. The smallest absolute Gasteiger partial charge is 0.339 e. The Morgan fingerprint density at radius 1 is 0.943 bits per heavy atom. The van der Waals surface area contributed by atoms with Gasteiger partial charge in [-0.2, -0.15) is 0 Å². The number of ketones is 1. The number of carbonyl (C=O) groups is 2. The molecule has 0 N–H and O–H groups in total. The number of ether oxygens (including phenoxy) is 4. The topological polar surface area (TPSA) is 84.0 Å². The second kappa shape index (κ2) is 8.72. The molecule has 0 saturated heterocycles. The third kappa shape index (κ3) is 3.45. The average molecular weight is 473 g/mol. The number of hydrogen-bond acceptors (Lipinski definition) is 7. The van der Waals surface area contributed by atoms with E-state index in [4.69, 9.17) is 18.9 Å². The van der Waals surface area contributed by atoms with Crippen LogP contribution in [0.2, 0.25) is 0 Å². The van der Waals surface area contributed by atoms with Crippen LogP contribution in [0, 0.1) is 5.82 Å². The summed E-state index contributed by atoms with van der Waals surface area (Å²) in [6.07, 6.45) is 0. The number of rotatable bonds is 6. The summed E-state index contributed by atoms with van der Waals surface area (Å²) < 4.78 is 36.3. The molecule has 0 bridgehead atoms. The van der Waals surface area contributed by atoms with Crippen molar-refractivity contribution in [2.75, 3.05) is 21.3 Å². The normalized spacial score (nSPS) is 11.7. The minimum atomic E-state index is -0.659. The van der Waals surface area contributed by atoms with Gasteiger partial charge < -0.3 is 18.9 Å². The Balaban J connectivity index is 1.77. The molecule has 0 atom stereocenters. The molecule has 7 nitrogen and oxygen atoms in total. The summed E-state index contributed by atoms with van der Waals surface area (Å²) in [6, 6.07) is 14.8. The predicted octanol–water partition coefficient (Wildman–Crippen LogP) is 4.97. The molecule has 0 unspecified atom stereocenters. The van der Waals surface area contributed by atoms with Gasteiger partial charge in [-0.05, 0) is 18.2 Å². The SMILES string of the molecule is COC(=O)c1c2c(nc3ccccc13)-c1cc(OC)c(OC)c(OCc3ccccc3F)c1C2=O. The van der Waals surface area contributed by atoms with Crippen molar-refractivity contribution in [3.63, 3.8) is 0 Å². The standard InChI is InChI=1S/C27H20FNO6/c1-32-19-12-16-21(26(25(19)33-2)35-13-14-8-4-6-10-17(14)28)24(30)22-20(27(31)34-3)15-9-5-7-11-18(15)29-23(16)22/h4-12H,13H2,1-3H3. The summed E-state index contributed by atoms with van der Waals surface area (Å²) in [5.74, 6) is -1.03. The molecular formula is C27H20FNO6. The summed E-state index contributed by atoms with van der Waals surface area (Å²) in [6.45, 7) is -0.161. The first kappa shape index (κ1) is 22.3. The average Bonchev–Trinajstić information content (AvgIpc) is 3.16. The Kier molecular flexibility index (Phi) is 5.56. The minimum absolute atomic E-state index is 0.0768. The molecule has 176 valence electrons. The molecule has 8 heteroatoms. The maximum Gasteiger partial charge on any atom is 0.339 e. The number of benzene rings is 3. The Hall–Kier alpha value is -4.46. The number of hydrogen-bond donors (Lipinski definition) is 0. The van der Waals surface area contributed by atoms with Crippen LogP contribution in [-0.4, -0.2) is 38.1 Å². The van der Waals surface area contributed by atoms with E-state index in [1.165, 1.54) is 27.4 Å². The minimum Gasteiger partial charge on any atom is -0.493 e. The highest BCUT2D eigenvalue weighted by Crippen LogP contribution is 2.51. The number of esters is 1. The summed E-state index contributed by atoms with van der Waals surface area (Å²) >= 11 is 0. The first-order chi connectivity index (χ1) is 17.0. The molecule has 0 radical (unpaired) electrons. The van der Waals surface area contributed by atoms with Crippen molar-refractivity contribution in [1.29, 1.82) is 0 Å². The van der Waals surface area contributed by atoms with Gasteiger partial charge in [0.25, 0.3) is 0 Å². The second-order valence-electron chi connectivity index (χ2n) is 7.79. The number of para-hydroxylation sites is 1. The zero-order chi connectivity index (χ0) is 24.7. The Morgan fingerprint density at radius 2 is 1.69 bits per heavy atom. The Morgan fingerprint density at radius 3 is 2.40 bits per heavy atom. The molecule has 0 amide bonds. The van der Waals surface area contributed by atoms with Crippen LogP contribution >= 0.6 is 0 Å². The van der Waals surface area contributed by atoms with Gasteiger partial charge in [-0.1, -0.05) is 36.4 Å². The monoisotopic (exact) mass is 473 g/mol. The molecule has 1 aromatic heterocycles. The van der Waals surface area contributed by atoms with Gasteiger partial charge in [0.1, 0.15) is 12.4 Å². The van der Waals surface area contributed by atoms with Crippen molar-refractivity contribution in [3.8, 4) is 28.5 Å². The molecular weight excluding hydrogens is 453 g/mol. The molecule has 0 aliphatic heterocycles. The number of nitrogens with zero attached hydrogens (tertiary/aromatic N) is 1. The maximum absolute atomic E-state index is 14.3. The Labute approximate surface area is 200 Å². The second-order valence-corrected chi connectivity index (χ2v) is 7.79. The highest BCUT2D eigenvalue weighted by Gasteiger charge is 2.39. The molecule has 1 aliphatic carbocycles. The molecule has 3 aromatic carbocycles. The third-order valence-electron chi connectivity index (χ3n) is 5.95. The van der Waals surface area contributed by atoms with Gasteiger partial charge in [0.15, 0.2) is 11.5 Å². The van der Waals surface area contributed by atoms with Crippen LogP contribution in [0.5, 0.6) is 17.2 Å². The molecule has 0 spiro atoms. The summed E-state index contributed by atoms with van der Waals surface area (Å²) in [5.41, 5.74) is 1.93. The fourth-order valence-corrected chi connectivity index (χ4v) is 4.34. The zero-order valence-electron chi connectivity index (χ0n) is 19.2. The predicted molar refractivity (Wildman–Crippen MR) is 126 cm³/mol. The van der Waals surface area contributed by atoms with E-state index >= 15 is 0 Å². The molecule has 0 saturated carbocycles. The highest BCUT2D eigenvalue weighted by atomic mass is 19.1. The fourth-order valence-electron chi connectivity index (χ4n) is 4.34. The van der Waals surface area contributed by atoms with Gasteiger partial charge in [-0.15, -0.1) is 0 Å². The number of fused-ring (bicyclic) bond motifs is 4. The van der Waals surface area contributed by atoms with Gasteiger partial charge in [0.2, 0.25) is 11.5 Å². The zero-order valence-corrected chi connectivity index (χ0v) is 19.2. The summed E-state index contributed by atoms with van der Waals surface area (Å²) in [5, 5.41) is 0.493. The highest BCUT2D eigenvalue weighted by molar-refractivity contribution is 6.29. The lowest BCUT2D eigenvalue weighted by atomic mass is 9.99. The van der Waals surface area contributed by atoms with E-state index in [2.05, 4.69) is 4.98 Å². The number of pyridine rings is 1. The van der Waals surface area contributed by atoms with Crippen molar-refractivity contribution in [2.45, 2.75) is 6.61 Å². The van der Waals surface area contributed by atoms with E-state index in [-0.39, 0.29) is 34.8 Å². The first-order valence-electron chi connectivity index (χ1n) is 10.7. The van der Waals surface area contributed by atoms with Gasteiger partial charge in [-0.3, -0.25) is 4.79 Å². The van der Waals surface area contributed by atoms with Crippen LogP contribution < -0.4 is 14.2 Å². The molecule has 1 heterocycles. The van der Waals surface area contributed by atoms with Gasteiger partial charge >= 0.3 is 5.97 Å². The van der Waals surface area contributed by atoms with Crippen LogP contribution in [0.1, 0.15) is 31.8 Å². The van der Waals surface area contributed by atoms with Crippen molar-refractivity contribution in [3.05, 3.63) is 82.7 Å². The van der Waals surface area contributed by atoms with E-state index in [0.717, 1.165) is 0 Å². The van der Waals surface area contributed by atoms with E-state index in [1.807, 2.05) is 0 Å². The van der Waals surface area contributed by atoms with Crippen LogP contribution in [0.3, 0.4) is 0 Å². The van der Waals surface area contributed by atoms with Gasteiger partial charge in [0, 0.05) is 16.5 Å². The van der Waals surface area contributed by atoms with Crippen molar-refractivity contribution < 1.29 is 32.9 Å². The maximum atomic E-state index is 14.3. The van der Waals surface area contributed by atoms with Gasteiger partial charge in [-0.25, -0.2) is 14.2 Å². The van der Waals surface area contributed by atoms with Crippen molar-refractivity contribution in [1.82, 2.24) is 4.98 Å². The lowest BCUT2D eigenvalue weighted by molar-refractivity contribution is 0.0600. The Bertz CT molecular complexity index is 1510. The first-order valence-corrected chi connectivity index (χ1v) is 10.7. The molecule has 35 heavy (non-hydrogen) atoms. The van der Waals surface area contributed by atoms with E-state index in [1.54, 1.807) is 48.5 Å². The fraction of sp³-hybridized carbons (Fsp3) is 0.148. The number of halogens is 1. The quantitative estimate of drug-likeness (QED) is 0.322. The summed E-state index contributed by atoms with van der Waals surface area (Å²) in [4.78, 5) is 31.4. The summed E-state index contributed by atoms with van der Waals surface area (Å²) in [7, 11) is 4.13. The molecule has 1 aliphatic rings. The van der Waals surface area contributed by atoms with Crippen LogP contribution in [-0.2, 0) is 11.3 Å².